The molecule has 2 bridgehead atoms. The molecule has 6 atom stereocenters. The largest absolute Gasteiger partial charge is 0.462 e. The number of anilines is 1. The van der Waals surface area contributed by atoms with Crippen LogP contribution in [0.15, 0.2) is 47.4 Å². The molecule has 0 amide bonds. The van der Waals surface area contributed by atoms with Crippen molar-refractivity contribution in [2.24, 2.45) is 0 Å². The molecule has 1 aromatic carbocycles. The summed E-state index contributed by atoms with van der Waals surface area (Å²) >= 11 is 0. The van der Waals surface area contributed by atoms with Crippen LogP contribution in [0.4, 0.5) is 5.82 Å². The maximum Gasteiger partial charge on any atom is 0.459 e. The first-order valence-electron chi connectivity index (χ1n) is 11.7. The summed E-state index contributed by atoms with van der Waals surface area (Å²) in [5.41, 5.74) is 2.06. The Labute approximate surface area is 213 Å². The highest BCUT2D eigenvalue weighted by atomic mass is 31.2. The summed E-state index contributed by atoms with van der Waals surface area (Å²) in [4.78, 5) is 28.5. The lowest BCUT2D eigenvalue weighted by Crippen LogP contribution is -2.46. The van der Waals surface area contributed by atoms with Crippen LogP contribution in [-0.4, -0.2) is 63.3 Å². The van der Waals surface area contributed by atoms with Gasteiger partial charge in [0, 0.05) is 6.20 Å². The lowest BCUT2D eigenvalue weighted by Gasteiger charge is -2.34. The average Bonchev–Trinajstić information content (AvgIpc) is 3.20. The third kappa shape index (κ3) is 5.42. The van der Waals surface area contributed by atoms with Crippen LogP contribution in [0, 0.1) is 0 Å². The molecule has 2 aromatic rings. The second kappa shape index (κ2) is 10.2. The maximum atomic E-state index is 13.8. The van der Waals surface area contributed by atoms with Crippen LogP contribution in [0.2, 0.25) is 0 Å². The summed E-state index contributed by atoms with van der Waals surface area (Å²) < 4.78 is 43.5. The van der Waals surface area contributed by atoms with Gasteiger partial charge in [-0.15, -0.1) is 0 Å². The molecule has 3 heterocycles. The summed E-state index contributed by atoms with van der Waals surface area (Å²) in [6, 6.07) is 8.61. The third-order valence-corrected chi connectivity index (χ3v) is 7.74. The van der Waals surface area contributed by atoms with Crippen molar-refractivity contribution in [3.05, 3.63) is 53.1 Å². The number of para-hydroxylation sites is 1. The number of carbonyl (C=O) groups is 1. The van der Waals surface area contributed by atoms with Crippen molar-refractivity contribution < 1.29 is 37.7 Å². The van der Waals surface area contributed by atoms with Gasteiger partial charge in [0.25, 0.3) is 0 Å². The number of ether oxygens (including phenoxy) is 3. The molecule has 0 unspecified atom stereocenters. The van der Waals surface area contributed by atoms with Gasteiger partial charge in [-0.2, -0.15) is 10.1 Å². The molecule has 37 heavy (non-hydrogen) atoms. The highest BCUT2D eigenvalue weighted by Gasteiger charge is 2.69. The van der Waals surface area contributed by atoms with Gasteiger partial charge in [-0.25, -0.2) is 9.36 Å². The van der Waals surface area contributed by atoms with E-state index in [1.54, 1.807) is 51.1 Å². The van der Waals surface area contributed by atoms with E-state index in [-0.39, 0.29) is 24.3 Å². The van der Waals surface area contributed by atoms with Crippen molar-refractivity contribution in [1.82, 2.24) is 14.6 Å². The topological polar surface area (TPSA) is 173 Å². The standard InChI is InChI=1S/C23H31N4O9P/c1-14(2)34-18(28)15(3)26-37(31,36-16-8-6-5-7-9-16)33-13-23-12-32-22(4,19(23)29)20(35-23)27-11-10-17(24)25-21(27)30/h5-11,14-15,19-20,29H,12-13H2,1-4H3,(H,26,31)(H2,24,25,30)/t15-,19-,20+,22+,23+,37+/m0/s1. The van der Waals surface area contributed by atoms with Gasteiger partial charge in [-0.05, 0) is 45.9 Å². The Morgan fingerprint density at radius 1 is 1.32 bits per heavy atom. The number of carbonyl (C=O) groups excluding carboxylic acids is 1. The van der Waals surface area contributed by atoms with E-state index in [4.69, 9.17) is 29.0 Å². The van der Waals surface area contributed by atoms with Crippen LogP contribution >= 0.6 is 7.75 Å². The van der Waals surface area contributed by atoms with Gasteiger partial charge in [-0.1, -0.05) is 18.2 Å². The monoisotopic (exact) mass is 538 g/mol. The summed E-state index contributed by atoms with van der Waals surface area (Å²) in [6.07, 6.45) is -1.34. The Balaban J connectivity index is 1.57. The zero-order valence-electron chi connectivity index (χ0n) is 20.9. The molecule has 202 valence electrons. The fraction of sp³-hybridized carbons (Fsp3) is 0.522. The van der Waals surface area contributed by atoms with Crippen molar-refractivity contribution >= 4 is 19.5 Å². The number of nitrogens with two attached hydrogens (primary N) is 1. The Morgan fingerprint density at radius 2 is 2.03 bits per heavy atom. The lowest BCUT2D eigenvalue weighted by atomic mass is 9.92. The van der Waals surface area contributed by atoms with Gasteiger partial charge in [0.05, 0.1) is 19.3 Å². The van der Waals surface area contributed by atoms with E-state index in [1.807, 2.05) is 0 Å². The second-order valence-electron chi connectivity index (χ2n) is 9.46. The Hall–Kier alpha value is -2.80. The third-order valence-electron chi connectivity index (χ3n) is 6.11. The molecule has 2 saturated heterocycles. The number of aliphatic hydroxyl groups excluding tert-OH is 1. The number of aromatic nitrogens is 2. The smallest absolute Gasteiger partial charge is 0.459 e. The van der Waals surface area contributed by atoms with Crippen molar-refractivity contribution in [3.8, 4) is 5.75 Å². The van der Waals surface area contributed by atoms with Gasteiger partial charge < -0.3 is 29.6 Å². The number of benzene rings is 1. The second-order valence-corrected chi connectivity index (χ2v) is 11.2. The number of nitrogens with zero attached hydrogens (tertiary/aromatic N) is 2. The predicted octanol–water partition coefficient (Wildman–Crippen LogP) is 1.38. The summed E-state index contributed by atoms with van der Waals surface area (Å²) in [5.74, 6) is -0.403. The molecule has 4 rings (SSSR count). The molecule has 1 aromatic heterocycles. The van der Waals surface area contributed by atoms with Crippen molar-refractivity contribution in [1.29, 1.82) is 0 Å². The summed E-state index contributed by atoms with van der Waals surface area (Å²) in [5, 5.41) is 13.7. The van der Waals surface area contributed by atoms with E-state index in [2.05, 4.69) is 10.1 Å². The van der Waals surface area contributed by atoms with Crippen molar-refractivity contribution in [3.63, 3.8) is 0 Å². The van der Waals surface area contributed by atoms with Gasteiger partial charge in [0.15, 0.2) is 6.23 Å². The number of hydrogen-bond donors (Lipinski definition) is 3. The first kappa shape index (κ1) is 27.2. The quantitative estimate of drug-likeness (QED) is 0.293. The van der Waals surface area contributed by atoms with Crippen molar-refractivity contribution in [2.75, 3.05) is 18.9 Å². The van der Waals surface area contributed by atoms with Gasteiger partial charge >= 0.3 is 19.4 Å². The number of nitrogen functional groups attached to an aromatic ring is 1. The van der Waals surface area contributed by atoms with Crippen LogP contribution in [0.5, 0.6) is 5.75 Å². The molecule has 2 fully saturated rings. The van der Waals surface area contributed by atoms with Crippen LogP contribution in [0.25, 0.3) is 0 Å². The van der Waals surface area contributed by atoms with Gasteiger partial charge in [0.1, 0.15) is 34.9 Å². The predicted molar refractivity (Wildman–Crippen MR) is 131 cm³/mol. The van der Waals surface area contributed by atoms with Crippen LogP contribution in [-0.2, 0) is 28.1 Å². The molecule has 4 N–H and O–H groups in total. The summed E-state index contributed by atoms with van der Waals surface area (Å²) in [7, 11) is -4.24. The molecular weight excluding hydrogens is 507 g/mol. The summed E-state index contributed by atoms with van der Waals surface area (Å²) in [6.45, 7) is 5.85. The minimum atomic E-state index is -4.24. The molecule has 14 heteroatoms. The molecule has 0 spiro atoms. The normalized spacial score (nSPS) is 29.1. The van der Waals surface area contributed by atoms with E-state index in [0.717, 1.165) is 4.57 Å². The van der Waals surface area contributed by atoms with Crippen LogP contribution < -0.4 is 21.0 Å². The molecule has 0 radical (unpaired) electrons. The fourth-order valence-electron chi connectivity index (χ4n) is 4.22. The number of nitrogens with one attached hydrogen (secondary N) is 1. The highest BCUT2D eigenvalue weighted by molar-refractivity contribution is 7.52. The number of esters is 1. The van der Waals surface area contributed by atoms with E-state index < -0.39 is 55.6 Å². The van der Waals surface area contributed by atoms with E-state index in [1.165, 1.54) is 19.2 Å². The Bertz CT molecular complexity index is 1240. The van der Waals surface area contributed by atoms with Crippen molar-refractivity contribution in [2.45, 2.75) is 63.4 Å². The zero-order valence-corrected chi connectivity index (χ0v) is 21.8. The van der Waals surface area contributed by atoms with E-state index in [9.17, 15) is 19.3 Å². The van der Waals surface area contributed by atoms with E-state index in [0.29, 0.717) is 0 Å². The number of aliphatic hydroxyl groups is 1. The molecule has 2 aliphatic rings. The number of fused-ring (bicyclic) bond motifs is 2. The molecule has 2 aliphatic heterocycles. The first-order valence-corrected chi connectivity index (χ1v) is 13.2. The van der Waals surface area contributed by atoms with Gasteiger partial charge in [-0.3, -0.25) is 13.9 Å². The lowest BCUT2D eigenvalue weighted by molar-refractivity contribution is -0.211. The molecule has 0 saturated carbocycles. The number of hydrogen-bond acceptors (Lipinski definition) is 11. The van der Waals surface area contributed by atoms with Crippen LogP contribution in [0.1, 0.15) is 33.9 Å². The Morgan fingerprint density at radius 3 is 2.68 bits per heavy atom. The highest BCUT2D eigenvalue weighted by Crippen LogP contribution is 2.54. The molecular formula is C23H31N4O9P. The maximum absolute atomic E-state index is 13.8. The van der Waals surface area contributed by atoms with Crippen LogP contribution in [0.3, 0.4) is 0 Å². The van der Waals surface area contributed by atoms with E-state index >= 15 is 0 Å². The minimum absolute atomic E-state index is 0.0317. The number of rotatable bonds is 10. The zero-order chi connectivity index (χ0) is 27.0. The minimum Gasteiger partial charge on any atom is -0.462 e. The first-order chi connectivity index (χ1) is 17.4. The average molecular weight is 538 g/mol. The van der Waals surface area contributed by atoms with Gasteiger partial charge in [0.2, 0.25) is 0 Å². The Kier molecular flexibility index (Phi) is 7.48. The molecule has 13 nitrogen and oxygen atoms in total. The molecule has 0 aliphatic carbocycles. The SMILES string of the molecule is CC(C)OC(=O)[C@H](C)N[P@@](=O)(OC[C@]12CO[C@](C)([C@@H]1O)[C@H](n1ccc(N)nc1=O)O2)Oc1ccccc1. The fourth-order valence-corrected chi connectivity index (χ4v) is 5.77.